The summed E-state index contributed by atoms with van der Waals surface area (Å²) < 4.78 is 4.90. The Kier molecular flexibility index (Phi) is 6.15. The van der Waals surface area contributed by atoms with E-state index in [1.807, 2.05) is 0 Å². The summed E-state index contributed by atoms with van der Waals surface area (Å²) >= 11 is 0. The van der Waals surface area contributed by atoms with Gasteiger partial charge < -0.3 is 10.5 Å². The average Bonchev–Trinajstić information content (AvgIpc) is 2.50. The minimum absolute atomic E-state index is 0.135. The smallest absolute Gasteiger partial charge is 0.319 e. The number of urea groups is 1. The van der Waals surface area contributed by atoms with Crippen LogP contribution >= 0.6 is 0 Å². The van der Waals surface area contributed by atoms with E-state index < -0.39 is 33.2 Å². The van der Waals surface area contributed by atoms with Gasteiger partial charge in [-0.2, -0.15) is 0 Å². The van der Waals surface area contributed by atoms with Gasteiger partial charge in [0.05, 0.1) is 34.1 Å². The van der Waals surface area contributed by atoms with Crippen LogP contribution in [0.3, 0.4) is 0 Å². The quantitative estimate of drug-likeness (QED) is 0.448. The van der Waals surface area contributed by atoms with Gasteiger partial charge in [-0.1, -0.05) is 13.8 Å². The molecule has 0 aromatic heterocycles. The van der Waals surface area contributed by atoms with Crippen LogP contribution in [0.2, 0.25) is 0 Å². The van der Waals surface area contributed by atoms with Crippen molar-refractivity contribution in [2.75, 3.05) is 18.1 Å². The number of carbonyl (C=O) groups is 2. The number of rotatable bonds is 7. The van der Waals surface area contributed by atoms with Crippen molar-refractivity contribution in [3.05, 3.63) is 38.4 Å². The molecule has 0 radical (unpaired) electrons. The average molecular weight is 340 g/mol. The summed E-state index contributed by atoms with van der Waals surface area (Å²) in [4.78, 5) is 43.9. The third-order valence-electron chi connectivity index (χ3n) is 2.92. The number of carbonyl (C=O) groups excluding carboxylic acids is 2. The van der Waals surface area contributed by atoms with Crippen molar-refractivity contribution in [3.8, 4) is 0 Å². The van der Waals surface area contributed by atoms with Gasteiger partial charge in [0.1, 0.15) is 6.61 Å². The van der Waals surface area contributed by atoms with E-state index >= 15 is 0 Å². The highest BCUT2D eigenvalue weighted by molar-refractivity contribution is 5.91. The Balaban J connectivity index is 3.07. The summed E-state index contributed by atoms with van der Waals surface area (Å²) in [6, 6.07) is 1.72. The Morgan fingerprint density at radius 2 is 1.67 bits per heavy atom. The van der Waals surface area contributed by atoms with E-state index in [0.717, 1.165) is 23.1 Å². The van der Waals surface area contributed by atoms with Gasteiger partial charge in [-0.05, 0) is 0 Å². The maximum absolute atomic E-state index is 11.5. The molecule has 1 aromatic carbocycles. The van der Waals surface area contributed by atoms with E-state index in [9.17, 15) is 29.8 Å². The highest BCUT2D eigenvalue weighted by Crippen LogP contribution is 2.28. The van der Waals surface area contributed by atoms with E-state index in [0.29, 0.717) is 0 Å². The zero-order valence-corrected chi connectivity index (χ0v) is 13.0. The first kappa shape index (κ1) is 18.8. The molecule has 0 saturated heterocycles. The number of nitrogens with two attached hydrogens (primary N) is 1. The van der Waals surface area contributed by atoms with E-state index in [2.05, 4.69) is 0 Å². The molecular weight excluding hydrogens is 324 g/mol. The lowest BCUT2D eigenvalue weighted by Gasteiger charge is -2.20. The second kappa shape index (κ2) is 7.85. The standard InChI is InChI=1S/C13H16N4O7/c1-8(2)12(18)24-4-3-15(13(14)19)9-5-10(16(20)21)7-11(6-9)17(22)23/h5-8H,3-4H2,1-2H3,(H2,14,19). The Labute approximate surface area is 136 Å². The first-order valence-electron chi connectivity index (χ1n) is 6.81. The summed E-state index contributed by atoms with van der Waals surface area (Å²) in [5, 5.41) is 21.8. The first-order chi connectivity index (χ1) is 11.1. The molecule has 0 heterocycles. The lowest BCUT2D eigenvalue weighted by atomic mass is 10.2. The summed E-state index contributed by atoms with van der Waals surface area (Å²) in [5.41, 5.74) is 3.94. The normalized spacial score (nSPS) is 10.3. The minimum Gasteiger partial charge on any atom is -0.464 e. The van der Waals surface area contributed by atoms with Crippen LogP contribution in [0.15, 0.2) is 18.2 Å². The molecule has 130 valence electrons. The number of non-ortho nitro benzene ring substituents is 2. The fourth-order valence-corrected chi connectivity index (χ4v) is 1.72. The molecule has 11 nitrogen and oxygen atoms in total. The third kappa shape index (κ3) is 4.90. The molecular formula is C13H16N4O7. The second-order valence-electron chi connectivity index (χ2n) is 5.03. The van der Waals surface area contributed by atoms with Gasteiger partial charge in [0.15, 0.2) is 0 Å². The highest BCUT2D eigenvalue weighted by Gasteiger charge is 2.22. The zero-order valence-electron chi connectivity index (χ0n) is 13.0. The lowest BCUT2D eigenvalue weighted by molar-refractivity contribution is -0.394. The number of anilines is 1. The van der Waals surface area contributed by atoms with E-state index in [1.54, 1.807) is 13.8 Å². The number of ether oxygens (including phenoxy) is 1. The van der Waals surface area contributed by atoms with Crippen LogP contribution < -0.4 is 10.6 Å². The Bertz CT molecular complexity index is 642. The summed E-state index contributed by atoms with van der Waals surface area (Å²) in [5.74, 6) is -0.865. The molecule has 0 atom stereocenters. The molecule has 1 rings (SSSR count). The SMILES string of the molecule is CC(C)C(=O)OCCN(C(N)=O)c1cc([N+](=O)[O-])cc([N+](=O)[O-])c1. The molecule has 0 spiro atoms. The van der Waals surface area contributed by atoms with Crippen LogP contribution in [-0.2, 0) is 9.53 Å². The van der Waals surface area contributed by atoms with Crippen LogP contribution in [0.25, 0.3) is 0 Å². The van der Waals surface area contributed by atoms with Crippen molar-refractivity contribution in [1.82, 2.24) is 0 Å². The van der Waals surface area contributed by atoms with Gasteiger partial charge in [0.2, 0.25) is 0 Å². The summed E-state index contributed by atoms with van der Waals surface area (Å²) in [6.45, 7) is 2.83. The van der Waals surface area contributed by atoms with Crippen molar-refractivity contribution >= 4 is 29.1 Å². The molecule has 11 heteroatoms. The van der Waals surface area contributed by atoms with E-state index in [4.69, 9.17) is 10.5 Å². The fourth-order valence-electron chi connectivity index (χ4n) is 1.72. The van der Waals surface area contributed by atoms with Crippen LogP contribution in [0, 0.1) is 26.1 Å². The van der Waals surface area contributed by atoms with Crippen molar-refractivity contribution in [3.63, 3.8) is 0 Å². The number of esters is 1. The predicted octanol–water partition coefficient (Wildman–Crippen LogP) is 1.59. The van der Waals surface area contributed by atoms with Crippen molar-refractivity contribution < 1.29 is 24.2 Å². The molecule has 0 unspecified atom stereocenters. The molecule has 2 amide bonds. The molecule has 24 heavy (non-hydrogen) atoms. The van der Waals surface area contributed by atoms with Crippen LogP contribution in [0.1, 0.15) is 13.8 Å². The largest absolute Gasteiger partial charge is 0.464 e. The third-order valence-corrected chi connectivity index (χ3v) is 2.92. The Morgan fingerprint density at radius 1 is 1.17 bits per heavy atom. The second-order valence-corrected chi connectivity index (χ2v) is 5.03. The zero-order chi connectivity index (χ0) is 18.4. The van der Waals surface area contributed by atoms with Crippen molar-refractivity contribution in [2.24, 2.45) is 11.7 Å². The highest BCUT2D eigenvalue weighted by atomic mass is 16.6. The van der Waals surface area contributed by atoms with Gasteiger partial charge in [-0.3, -0.25) is 29.9 Å². The van der Waals surface area contributed by atoms with Gasteiger partial charge in [0, 0.05) is 12.1 Å². The maximum atomic E-state index is 11.5. The molecule has 0 aliphatic heterocycles. The van der Waals surface area contributed by atoms with Crippen molar-refractivity contribution in [1.29, 1.82) is 0 Å². The summed E-state index contributed by atoms with van der Waals surface area (Å²) in [6.07, 6.45) is 0. The van der Waals surface area contributed by atoms with E-state index in [-0.39, 0.29) is 24.8 Å². The number of amides is 2. The van der Waals surface area contributed by atoms with Crippen LogP contribution in [0.5, 0.6) is 0 Å². The van der Waals surface area contributed by atoms with Gasteiger partial charge >= 0.3 is 12.0 Å². The number of primary amides is 1. The van der Waals surface area contributed by atoms with Gasteiger partial charge in [-0.25, -0.2) is 4.79 Å². The number of nitro benzene ring substituents is 2. The fraction of sp³-hybridized carbons (Fsp3) is 0.385. The molecule has 1 aromatic rings. The number of hydrogen-bond acceptors (Lipinski definition) is 7. The topological polar surface area (TPSA) is 159 Å². The molecule has 0 aliphatic rings. The van der Waals surface area contributed by atoms with Crippen LogP contribution in [0.4, 0.5) is 21.9 Å². The first-order valence-corrected chi connectivity index (χ1v) is 6.81. The minimum atomic E-state index is -0.995. The molecule has 2 N–H and O–H groups in total. The predicted molar refractivity (Wildman–Crippen MR) is 82.5 cm³/mol. The van der Waals surface area contributed by atoms with Crippen LogP contribution in [-0.4, -0.2) is 35.0 Å². The van der Waals surface area contributed by atoms with Crippen molar-refractivity contribution in [2.45, 2.75) is 13.8 Å². The number of benzene rings is 1. The number of nitro groups is 2. The number of hydrogen-bond donors (Lipinski definition) is 1. The van der Waals surface area contributed by atoms with Gasteiger partial charge in [-0.15, -0.1) is 0 Å². The van der Waals surface area contributed by atoms with E-state index in [1.165, 1.54) is 0 Å². The monoisotopic (exact) mass is 340 g/mol. The Morgan fingerprint density at radius 3 is 2.04 bits per heavy atom. The van der Waals surface area contributed by atoms with Gasteiger partial charge in [0.25, 0.3) is 11.4 Å². The molecule has 0 aliphatic carbocycles. The molecule has 0 saturated carbocycles. The molecule has 0 bridgehead atoms. The Hall–Kier alpha value is -3.24. The number of nitrogens with zero attached hydrogens (tertiary/aromatic N) is 3. The summed E-state index contributed by atoms with van der Waals surface area (Å²) in [7, 11) is 0. The molecule has 0 fully saturated rings. The lowest BCUT2D eigenvalue weighted by Crippen LogP contribution is -2.38. The maximum Gasteiger partial charge on any atom is 0.319 e.